The van der Waals surface area contributed by atoms with Gasteiger partial charge < -0.3 is 5.11 Å². The fourth-order valence-electron chi connectivity index (χ4n) is 1.01. The van der Waals surface area contributed by atoms with Gasteiger partial charge in [-0.05, 0) is 20.9 Å². The quantitative estimate of drug-likeness (QED) is 0.703. The van der Waals surface area contributed by atoms with Crippen molar-refractivity contribution >= 4 is 11.6 Å². The summed E-state index contributed by atoms with van der Waals surface area (Å²) in [5.74, 6) is 0. The molecule has 0 aromatic rings. The van der Waals surface area contributed by atoms with Crippen LogP contribution in [-0.4, -0.2) is 35.7 Å². The third-order valence-electron chi connectivity index (χ3n) is 1.10. The van der Waals surface area contributed by atoms with Crippen molar-refractivity contribution in [1.82, 2.24) is 4.90 Å². The van der Waals surface area contributed by atoms with E-state index in [4.69, 9.17) is 11.6 Å². The van der Waals surface area contributed by atoms with E-state index in [0.29, 0.717) is 18.1 Å². The van der Waals surface area contributed by atoms with Gasteiger partial charge in [-0.15, -0.1) is 0 Å². The summed E-state index contributed by atoms with van der Waals surface area (Å²) in [6, 6.07) is 0. The average molecular weight is 178 g/mol. The van der Waals surface area contributed by atoms with Gasteiger partial charge in [0.25, 0.3) is 0 Å². The topological polar surface area (TPSA) is 23.5 Å². The van der Waals surface area contributed by atoms with Crippen LogP contribution in [0.1, 0.15) is 13.8 Å². The lowest BCUT2D eigenvalue weighted by molar-refractivity contribution is 0.0477. The molecule has 0 saturated heterocycles. The molecule has 0 heterocycles. The molecule has 0 fully saturated rings. The molecule has 0 saturated carbocycles. The van der Waals surface area contributed by atoms with Crippen molar-refractivity contribution in [2.45, 2.75) is 19.4 Å². The predicted molar refractivity (Wildman–Crippen MR) is 48.8 cm³/mol. The maximum atomic E-state index is 9.39. The maximum absolute atomic E-state index is 9.39. The third-order valence-corrected chi connectivity index (χ3v) is 1.22. The summed E-state index contributed by atoms with van der Waals surface area (Å²) in [5.41, 5.74) is -0.666. The van der Waals surface area contributed by atoms with Gasteiger partial charge in [-0.1, -0.05) is 18.2 Å². The Hall–Kier alpha value is -0.0500. The van der Waals surface area contributed by atoms with Gasteiger partial charge in [0.05, 0.1) is 5.60 Å². The molecule has 0 amide bonds. The Labute approximate surface area is 73.5 Å². The monoisotopic (exact) mass is 177 g/mol. The molecule has 1 N–H and O–H groups in total. The van der Waals surface area contributed by atoms with E-state index in [1.807, 2.05) is 11.9 Å². The van der Waals surface area contributed by atoms with Crippen molar-refractivity contribution in [2.24, 2.45) is 0 Å². The fraction of sp³-hybridized carbons (Fsp3) is 0.750. The largest absolute Gasteiger partial charge is 0.389 e. The van der Waals surface area contributed by atoms with E-state index in [2.05, 4.69) is 6.58 Å². The minimum Gasteiger partial charge on any atom is -0.389 e. The molecule has 0 unspecified atom stereocenters. The van der Waals surface area contributed by atoms with Gasteiger partial charge >= 0.3 is 0 Å². The van der Waals surface area contributed by atoms with Gasteiger partial charge in [-0.3, -0.25) is 4.90 Å². The van der Waals surface area contributed by atoms with Crippen LogP contribution in [-0.2, 0) is 0 Å². The van der Waals surface area contributed by atoms with Crippen LogP contribution in [0.4, 0.5) is 0 Å². The van der Waals surface area contributed by atoms with Gasteiger partial charge in [0.1, 0.15) is 0 Å². The number of halogens is 1. The highest BCUT2D eigenvalue weighted by Gasteiger charge is 2.15. The van der Waals surface area contributed by atoms with Gasteiger partial charge in [-0.25, -0.2) is 0 Å². The Balaban J connectivity index is 3.69. The lowest BCUT2D eigenvalue weighted by Gasteiger charge is -2.24. The normalized spacial score (nSPS) is 12.2. The molecule has 0 spiro atoms. The highest BCUT2D eigenvalue weighted by atomic mass is 35.5. The number of rotatable bonds is 4. The smallest absolute Gasteiger partial charge is 0.0718 e. The van der Waals surface area contributed by atoms with Crippen LogP contribution in [0.15, 0.2) is 11.6 Å². The molecule has 0 atom stereocenters. The number of hydrogen-bond acceptors (Lipinski definition) is 2. The van der Waals surface area contributed by atoms with Crippen LogP contribution in [0.3, 0.4) is 0 Å². The highest BCUT2D eigenvalue weighted by Crippen LogP contribution is 2.05. The van der Waals surface area contributed by atoms with Crippen molar-refractivity contribution < 1.29 is 5.11 Å². The van der Waals surface area contributed by atoms with Crippen LogP contribution in [0.5, 0.6) is 0 Å². The Morgan fingerprint density at radius 3 is 2.36 bits per heavy atom. The lowest BCUT2D eigenvalue weighted by atomic mass is 10.1. The first-order chi connectivity index (χ1) is 4.81. The summed E-state index contributed by atoms with van der Waals surface area (Å²) >= 11 is 5.58. The standard InChI is InChI=1S/C8H16ClNO/c1-7(9)5-10(4)6-8(2,3)11/h11H,1,5-6H2,2-4H3. The van der Waals surface area contributed by atoms with E-state index in [1.165, 1.54) is 0 Å². The minimum atomic E-state index is -0.666. The molecule has 2 nitrogen and oxygen atoms in total. The zero-order valence-corrected chi connectivity index (χ0v) is 8.15. The summed E-state index contributed by atoms with van der Waals surface area (Å²) in [5, 5.41) is 9.98. The molecule has 11 heavy (non-hydrogen) atoms. The molecular formula is C8H16ClNO. The summed E-state index contributed by atoms with van der Waals surface area (Å²) in [7, 11) is 1.89. The predicted octanol–water partition coefficient (Wildman–Crippen LogP) is 1.44. The fourth-order valence-corrected chi connectivity index (χ4v) is 1.21. The first kappa shape index (κ1) is 11.0. The molecule has 3 heteroatoms. The first-order valence-corrected chi connectivity index (χ1v) is 3.93. The van der Waals surface area contributed by atoms with Crippen molar-refractivity contribution in [3.05, 3.63) is 11.6 Å². The zero-order chi connectivity index (χ0) is 9.07. The van der Waals surface area contributed by atoms with Crippen molar-refractivity contribution in [3.8, 4) is 0 Å². The average Bonchev–Trinajstić information content (AvgIpc) is 1.53. The Bertz CT molecular complexity index is 140. The van der Waals surface area contributed by atoms with Gasteiger partial charge in [-0.2, -0.15) is 0 Å². The molecule has 66 valence electrons. The third kappa shape index (κ3) is 7.85. The van der Waals surface area contributed by atoms with E-state index in [-0.39, 0.29) is 0 Å². The van der Waals surface area contributed by atoms with E-state index in [1.54, 1.807) is 13.8 Å². The summed E-state index contributed by atoms with van der Waals surface area (Å²) < 4.78 is 0. The molecule has 0 radical (unpaired) electrons. The van der Waals surface area contributed by atoms with Crippen LogP contribution in [0.25, 0.3) is 0 Å². The Kier molecular flexibility index (Phi) is 4.08. The van der Waals surface area contributed by atoms with Gasteiger partial charge in [0.15, 0.2) is 0 Å². The van der Waals surface area contributed by atoms with E-state index in [0.717, 1.165) is 0 Å². The molecule has 0 bridgehead atoms. The lowest BCUT2D eigenvalue weighted by Crippen LogP contribution is -2.36. The van der Waals surface area contributed by atoms with Crippen molar-refractivity contribution in [1.29, 1.82) is 0 Å². The van der Waals surface area contributed by atoms with Crippen molar-refractivity contribution in [2.75, 3.05) is 20.1 Å². The maximum Gasteiger partial charge on any atom is 0.0718 e. The van der Waals surface area contributed by atoms with Crippen LogP contribution in [0, 0.1) is 0 Å². The first-order valence-electron chi connectivity index (χ1n) is 3.55. The highest BCUT2D eigenvalue weighted by molar-refractivity contribution is 6.29. The molecule has 0 aromatic heterocycles. The SMILES string of the molecule is C=C(Cl)CN(C)CC(C)(C)O. The molecule has 0 aliphatic heterocycles. The molecule has 0 aliphatic rings. The molecule has 0 aliphatic carbocycles. The number of nitrogens with zero attached hydrogens (tertiary/aromatic N) is 1. The van der Waals surface area contributed by atoms with E-state index < -0.39 is 5.60 Å². The number of likely N-dealkylation sites (N-methyl/N-ethyl adjacent to an activating group) is 1. The van der Waals surface area contributed by atoms with Gasteiger partial charge in [0.2, 0.25) is 0 Å². The number of hydrogen-bond donors (Lipinski definition) is 1. The van der Waals surface area contributed by atoms with Gasteiger partial charge in [0, 0.05) is 18.1 Å². The molecular weight excluding hydrogens is 162 g/mol. The second-order valence-corrected chi connectivity index (χ2v) is 4.04. The summed E-state index contributed by atoms with van der Waals surface area (Å²) in [4.78, 5) is 1.93. The van der Waals surface area contributed by atoms with Crippen LogP contribution >= 0.6 is 11.6 Å². The van der Waals surface area contributed by atoms with Crippen LogP contribution in [0.2, 0.25) is 0 Å². The minimum absolute atomic E-state index is 0.594. The summed E-state index contributed by atoms with van der Waals surface area (Å²) in [6.45, 7) is 8.31. The zero-order valence-electron chi connectivity index (χ0n) is 7.39. The Morgan fingerprint density at radius 2 is 2.09 bits per heavy atom. The van der Waals surface area contributed by atoms with Crippen molar-refractivity contribution in [3.63, 3.8) is 0 Å². The number of aliphatic hydroxyl groups is 1. The summed E-state index contributed by atoms with van der Waals surface area (Å²) in [6.07, 6.45) is 0. The molecule has 0 rings (SSSR count). The second kappa shape index (κ2) is 4.10. The van der Waals surface area contributed by atoms with Crippen LogP contribution < -0.4 is 0 Å². The molecule has 0 aromatic carbocycles. The Morgan fingerprint density at radius 1 is 1.64 bits per heavy atom. The van der Waals surface area contributed by atoms with E-state index in [9.17, 15) is 5.11 Å². The second-order valence-electron chi connectivity index (χ2n) is 3.50. The van der Waals surface area contributed by atoms with E-state index >= 15 is 0 Å².